The Labute approximate surface area is 213 Å². The van der Waals surface area contributed by atoms with Gasteiger partial charge in [0.1, 0.15) is 5.82 Å². The molecule has 1 aliphatic rings. The van der Waals surface area contributed by atoms with E-state index in [0.717, 1.165) is 66.7 Å². The second-order valence-electron chi connectivity index (χ2n) is 9.47. The highest BCUT2D eigenvalue weighted by molar-refractivity contribution is 5.69. The lowest BCUT2D eigenvalue weighted by Crippen LogP contribution is -2.47. The van der Waals surface area contributed by atoms with E-state index in [2.05, 4.69) is 76.0 Å². The van der Waals surface area contributed by atoms with Gasteiger partial charge >= 0.3 is 5.97 Å². The number of benzene rings is 1. The SMILES string of the molecule is CCOC(=O)CCc1cnc(N2CCN(c3ncc(-c4cccc(CN(C)C)c4)cn3)CC2)c(C)c1. The van der Waals surface area contributed by atoms with Gasteiger partial charge in [0.15, 0.2) is 0 Å². The third kappa shape index (κ3) is 6.57. The first-order valence-electron chi connectivity index (χ1n) is 12.6. The monoisotopic (exact) mass is 488 g/mol. The number of carbonyl (C=O) groups excluding carboxylic acids is 1. The number of hydrogen-bond acceptors (Lipinski definition) is 8. The second kappa shape index (κ2) is 11.9. The van der Waals surface area contributed by atoms with Crippen molar-refractivity contribution in [2.24, 2.45) is 0 Å². The summed E-state index contributed by atoms with van der Waals surface area (Å²) in [7, 11) is 4.15. The van der Waals surface area contributed by atoms with Gasteiger partial charge in [-0.15, -0.1) is 0 Å². The molecule has 3 aromatic rings. The normalized spacial score (nSPS) is 13.8. The fraction of sp³-hybridized carbons (Fsp3) is 0.429. The minimum Gasteiger partial charge on any atom is -0.466 e. The number of pyridine rings is 1. The Bertz CT molecular complexity index is 1160. The Morgan fingerprint density at radius 3 is 2.33 bits per heavy atom. The van der Waals surface area contributed by atoms with Crippen molar-refractivity contribution in [1.82, 2.24) is 19.9 Å². The van der Waals surface area contributed by atoms with Gasteiger partial charge < -0.3 is 19.4 Å². The van der Waals surface area contributed by atoms with Crippen molar-refractivity contribution in [1.29, 1.82) is 0 Å². The highest BCUT2D eigenvalue weighted by atomic mass is 16.5. The van der Waals surface area contributed by atoms with Gasteiger partial charge in [0, 0.05) is 63.3 Å². The van der Waals surface area contributed by atoms with Crippen molar-refractivity contribution >= 4 is 17.7 Å². The maximum atomic E-state index is 11.6. The number of anilines is 2. The molecule has 0 spiro atoms. The van der Waals surface area contributed by atoms with E-state index in [-0.39, 0.29) is 5.97 Å². The van der Waals surface area contributed by atoms with Crippen molar-refractivity contribution in [3.8, 4) is 11.1 Å². The third-order valence-electron chi connectivity index (χ3n) is 6.29. The molecule has 0 aliphatic carbocycles. The number of nitrogens with zero attached hydrogens (tertiary/aromatic N) is 6. The van der Waals surface area contributed by atoms with Crippen LogP contribution < -0.4 is 9.80 Å². The zero-order chi connectivity index (χ0) is 25.5. The largest absolute Gasteiger partial charge is 0.466 e. The van der Waals surface area contributed by atoms with Gasteiger partial charge in [-0.1, -0.05) is 24.3 Å². The second-order valence-corrected chi connectivity index (χ2v) is 9.47. The molecule has 36 heavy (non-hydrogen) atoms. The zero-order valence-electron chi connectivity index (χ0n) is 21.8. The van der Waals surface area contributed by atoms with Crippen LogP contribution in [-0.4, -0.2) is 72.7 Å². The molecule has 0 saturated carbocycles. The molecule has 1 fully saturated rings. The number of aryl methyl sites for hydroxylation is 2. The molecule has 0 atom stereocenters. The van der Waals surface area contributed by atoms with Crippen LogP contribution in [0.25, 0.3) is 11.1 Å². The van der Waals surface area contributed by atoms with Crippen LogP contribution >= 0.6 is 0 Å². The van der Waals surface area contributed by atoms with Crippen LogP contribution in [0.4, 0.5) is 11.8 Å². The van der Waals surface area contributed by atoms with E-state index < -0.39 is 0 Å². The molecule has 8 heteroatoms. The molecule has 0 N–H and O–H groups in total. The van der Waals surface area contributed by atoms with E-state index in [1.165, 1.54) is 5.56 Å². The fourth-order valence-corrected chi connectivity index (χ4v) is 4.54. The number of ether oxygens (including phenoxy) is 1. The van der Waals surface area contributed by atoms with Crippen molar-refractivity contribution in [3.05, 3.63) is 65.6 Å². The van der Waals surface area contributed by atoms with E-state index >= 15 is 0 Å². The maximum absolute atomic E-state index is 11.6. The van der Waals surface area contributed by atoms with Gasteiger partial charge in [0.05, 0.1) is 6.61 Å². The molecule has 8 nitrogen and oxygen atoms in total. The molecular formula is C28H36N6O2. The number of hydrogen-bond donors (Lipinski definition) is 0. The fourth-order valence-electron chi connectivity index (χ4n) is 4.54. The summed E-state index contributed by atoms with van der Waals surface area (Å²) in [4.78, 5) is 32.4. The van der Waals surface area contributed by atoms with Crippen molar-refractivity contribution < 1.29 is 9.53 Å². The Morgan fingerprint density at radius 1 is 0.944 bits per heavy atom. The van der Waals surface area contributed by atoms with E-state index in [1.54, 1.807) is 0 Å². The lowest BCUT2D eigenvalue weighted by molar-refractivity contribution is -0.143. The minimum atomic E-state index is -0.163. The average molecular weight is 489 g/mol. The van der Waals surface area contributed by atoms with Crippen LogP contribution in [0.1, 0.15) is 30.0 Å². The smallest absolute Gasteiger partial charge is 0.306 e. The highest BCUT2D eigenvalue weighted by Gasteiger charge is 2.21. The standard InChI is InChI=1S/C28H36N6O2/c1-5-36-26(35)10-9-22-15-21(2)27(29-17-22)33-11-13-34(14-12-33)28-30-18-25(19-31-28)24-8-6-7-23(16-24)20-32(3)4/h6-8,15-19H,5,9-14,20H2,1-4H3. The van der Waals surface area contributed by atoms with Gasteiger partial charge in [-0.2, -0.15) is 0 Å². The van der Waals surface area contributed by atoms with Gasteiger partial charge in [0.2, 0.25) is 5.95 Å². The van der Waals surface area contributed by atoms with E-state index in [4.69, 9.17) is 9.72 Å². The Balaban J connectivity index is 1.34. The molecule has 0 amide bonds. The summed E-state index contributed by atoms with van der Waals surface area (Å²) >= 11 is 0. The predicted octanol–water partition coefficient (Wildman–Crippen LogP) is 3.73. The van der Waals surface area contributed by atoms with Crippen LogP contribution in [0.15, 0.2) is 48.9 Å². The first-order valence-corrected chi connectivity index (χ1v) is 12.6. The molecule has 0 unspecified atom stereocenters. The summed E-state index contributed by atoms with van der Waals surface area (Å²) in [6, 6.07) is 10.7. The topological polar surface area (TPSA) is 74.7 Å². The molecule has 190 valence electrons. The Hall–Kier alpha value is -3.52. The molecule has 3 heterocycles. The lowest BCUT2D eigenvalue weighted by atomic mass is 10.1. The molecule has 4 rings (SSSR count). The highest BCUT2D eigenvalue weighted by Crippen LogP contribution is 2.23. The Kier molecular flexibility index (Phi) is 8.48. The van der Waals surface area contributed by atoms with E-state index in [9.17, 15) is 4.79 Å². The van der Waals surface area contributed by atoms with Crippen molar-refractivity contribution in [3.63, 3.8) is 0 Å². The average Bonchev–Trinajstić information content (AvgIpc) is 2.88. The van der Waals surface area contributed by atoms with E-state index in [0.29, 0.717) is 19.4 Å². The summed E-state index contributed by atoms with van der Waals surface area (Å²) < 4.78 is 5.02. The molecule has 0 radical (unpaired) electrons. The first-order chi connectivity index (χ1) is 17.4. The quantitative estimate of drug-likeness (QED) is 0.422. The summed E-state index contributed by atoms with van der Waals surface area (Å²) in [6.07, 6.45) is 6.75. The zero-order valence-corrected chi connectivity index (χ0v) is 21.8. The minimum absolute atomic E-state index is 0.163. The third-order valence-corrected chi connectivity index (χ3v) is 6.29. The van der Waals surface area contributed by atoms with Crippen LogP contribution in [0.5, 0.6) is 0 Å². The Morgan fingerprint density at radius 2 is 1.67 bits per heavy atom. The van der Waals surface area contributed by atoms with Crippen molar-refractivity contribution in [2.45, 2.75) is 33.2 Å². The van der Waals surface area contributed by atoms with Gasteiger partial charge in [-0.3, -0.25) is 4.79 Å². The molecule has 1 aromatic carbocycles. The predicted molar refractivity (Wildman–Crippen MR) is 143 cm³/mol. The molecule has 1 aliphatic heterocycles. The van der Waals surface area contributed by atoms with E-state index in [1.807, 2.05) is 25.5 Å². The molecule has 0 bridgehead atoms. The van der Waals surface area contributed by atoms with Gasteiger partial charge in [-0.25, -0.2) is 15.0 Å². The van der Waals surface area contributed by atoms with Crippen LogP contribution in [0, 0.1) is 6.92 Å². The van der Waals surface area contributed by atoms with Gasteiger partial charge in [-0.05, 0) is 62.7 Å². The number of aromatic nitrogens is 3. The summed E-state index contributed by atoms with van der Waals surface area (Å²) in [5.74, 6) is 1.61. The first kappa shape index (κ1) is 25.6. The van der Waals surface area contributed by atoms with Crippen LogP contribution in [0.2, 0.25) is 0 Å². The molecular weight excluding hydrogens is 452 g/mol. The number of piperazine rings is 1. The number of rotatable bonds is 9. The van der Waals surface area contributed by atoms with Gasteiger partial charge in [0.25, 0.3) is 0 Å². The summed E-state index contributed by atoms with van der Waals surface area (Å²) in [5, 5.41) is 0. The molecule has 2 aromatic heterocycles. The molecule has 1 saturated heterocycles. The summed E-state index contributed by atoms with van der Waals surface area (Å²) in [6.45, 7) is 8.61. The number of esters is 1. The number of carbonyl (C=O) groups is 1. The van der Waals surface area contributed by atoms with Crippen LogP contribution in [0.3, 0.4) is 0 Å². The lowest BCUT2D eigenvalue weighted by Gasteiger charge is -2.36. The maximum Gasteiger partial charge on any atom is 0.306 e. The van der Waals surface area contributed by atoms with Crippen LogP contribution in [-0.2, 0) is 22.5 Å². The summed E-state index contributed by atoms with van der Waals surface area (Å²) in [5.41, 5.74) is 5.62. The van der Waals surface area contributed by atoms with Crippen molar-refractivity contribution in [2.75, 3.05) is 56.7 Å².